The fraction of sp³-hybridized carbons (Fsp3) is 0.350. The first-order chi connectivity index (χ1) is 13.8. The van der Waals surface area contributed by atoms with Crippen LogP contribution in [0.3, 0.4) is 0 Å². The van der Waals surface area contributed by atoms with Crippen LogP contribution in [-0.2, 0) is 10.0 Å². The van der Waals surface area contributed by atoms with E-state index in [9.17, 15) is 22.0 Å². The molecule has 0 atom stereocenters. The number of para-hydroxylation sites is 1. The maximum absolute atomic E-state index is 13.2. The van der Waals surface area contributed by atoms with Gasteiger partial charge in [-0.05, 0) is 50.1 Å². The van der Waals surface area contributed by atoms with Crippen molar-refractivity contribution in [3.63, 3.8) is 0 Å². The predicted octanol–water partition coefficient (Wildman–Crippen LogP) is 4.42. The number of carbonyl (C=O) groups excluding carboxylic acids is 1. The molecule has 0 bridgehead atoms. The highest BCUT2D eigenvalue weighted by Gasteiger charge is 2.36. The maximum Gasteiger partial charge on any atom is 0.264 e. The standard InChI is InChI=1S/C20H21ClF2N2O3S/c1-2-25(15-6-4-3-5-7-15)29(27,28)16-10-11-18(21)17(12-16)20(26)24(13-19(22)23)14-8-9-14/h3-7,10-12,14,19H,2,8-9,13H2,1H3. The van der Waals surface area contributed by atoms with Gasteiger partial charge in [-0.1, -0.05) is 29.8 Å². The molecule has 9 heteroatoms. The van der Waals surface area contributed by atoms with Gasteiger partial charge in [0.15, 0.2) is 0 Å². The van der Waals surface area contributed by atoms with Gasteiger partial charge in [0, 0.05) is 12.6 Å². The van der Waals surface area contributed by atoms with Crippen molar-refractivity contribution < 1.29 is 22.0 Å². The second-order valence-corrected chi connectivity index (χ2v) is 9.00. The van der Waals surface area contributed by atoms with Crippen molar-refractivity contribution in [1.82, 2.24) is 4.90 Å². The summed E-state index contributed by atoms with van der Waals surface area (Å²) in [5.74, 6) is -0.683. The Balaban J connectivity index is 1.98. The number of carbonyl (C=O) groups is 1. The van der Waals surface area contributed by atoms with Gasteiger partial charge < -0.3 is 4.90 Å². The lowest BCUT2D eigenvalue weighted by Crippen LogP contribution is -2.37. The molecule has 0 radical (unpaired) electrons. The van der Waals surface area contributed by atoms with Gasteiger partial charge in [-0.2, -0.15) is 0 Å². The second-order valence-electron chi connectivity index (χ2n) is 6.73. The van der Waals surface area contributed by atoms with Gasteiger partial charge >= 0.3 is 0 Å². The smallest absolute Gasteiger partial charge is 0.264 e. The first-order valence-electron chi connectivity index (χ1n) is 9.22. The van der Waals surface area contributed by atoms with Crippen molar-refractivity contribution in [2.45, 2.75) is 37.1 Å². The summed E-state index contributed by atoms with van der Waals surface area (Å²) in [5.41, 5.74) is 0.388. The van der Waals surface area contributed by atoms with E-state index in [4.69, 9.17) is 11.6 Å². The quantitative estimate of drug-likeness (QED) is 0.608. The van der Waals surface area contributed by atoms with E-state index >= 15 is 0 Å². The average Bonchev–Trinajstić information content (AvgIpc) is 3.52. The van der Waals surface area contributed by atoms with Gasteiger partial charge in [-0.25, -0.2) is 17.2 Å². The van der Waals surface area contributed by atoms with Crippen molar-refractivity contribution in [1.29, 1.82) is 0 Å². The monoisotopic (exact) mass is 442 g/mol. The van der Waals surface area contributed by atoms with Crippen LogP contribution < -0.4 is 4.31 Å². The SMILES string of the molecule is CCN(c1ccccc1)S(=O)(=O)c1ccc(Cl)c(C(=O)N(CC(F)F)C2CC2)c1. The highest BCUT2D eigenvalue weighted by Crippen LogP contribution is 2.32. The van der Waals surface area contributed by atoms with Crippen LogP contribution in [-0.4, -0.2) is 44.8 Å². The molecule has 1 amide bonds. The molecule has 1 aliphatic rings. The molecular formula is C20H21ClF2N2O3S. The average molecular weight is 443 g/mol. The molecule has 1 fully saturated rings. The van der Waals surface area contributed by atoms with Gasteiger partial charge in [-0.15, -0.1) is 0 Å². The number of nitrogens with zero attached hydrogens (tertiary/aromatic N) is 2. The Kier molecular flexibility index (Phi) is 6.43. The van der Waals surface area contributed by atoms with Gasteiger partial charge in [0.05, 0.1) is 27.7 Å². The molecule has 1 saturated carbocycles. The van der Waals surface area contributed by atoms with E-state index in [1.807, 2.05) is 0 Å². The fourth-order valence-electron chi connectivity index (χ4n) is 3.13. The Morgan fingerprint density at radius 2 is 1.83 bits per heavy atom. The van der Waals surface area contributed by atoms with Crippen LogP contribution in [0.25, 0.3) is 0 Å². The Bertz CT molecular complexity index is 982. The first kappa shape index (κ1) is 21.5. The number of hydrogen-bond donors (Lipinski definition) is 0. The van der Waals surface area contributed by atoms with Crippen LogP contribution in [0.4, 0.5) is 14.5 Å². The third-order valence-corrected chi connectivity index (χ3v) is 6.90. The zero-order chi connectivity index (χ0) is 21.2. The topological polar surface area (TPSA) is 57.7 Å². The molecule has 0 spiro atoms. The van der Waals surface area contributed by atoms with Crippen LogP contribution in [0.5, 0.6) is 0 Å². The zero-order valence-electron chi connectivity index (χ0n) is 15.8. The predicted molar refractivity (Wildman–Crippen MR) is 108 cm³/mol. The summed E-state index contributed by atoms with van der Waals surface area (Å²) in [7, 11) is -3.97. The molecule has 0 N–H and O–H groups in total. The summed E-state index contributed by atoms with van der Waals surface area (Å²) < 4.78 is 53.4. The van der Waals surface area contributed by atoms with Crippen molar-refractivity contribution in [2.75, 3.05) is 17.4 Å². The van der Waals surface area contributed by atoms with Crippen molar-refractivity contribution in [2.24, 2.45) is 0 Å². The number of sulfonamides is 1. The van der Waals surface area contributed by atoms with E-state index in [-0.39, 0.29) is 28.1 Å². The third-order valence-electron chi connectivity index (χ3n) is 4.67. The summed E-state index contributed by atoms with van der Waals surface area (Å²) in [6.45, 7) is 1.17. The molecule has 1 aliphatic carbocycles. The minimum absolute atomic E-state index is 0.0247. The number of hydrogen-bond acceptors (Lipinski definition) is 3. The molecule has 0 aliphatic heterocycles. The van der Waals surface area contributed by atoms with Gasteiger partial charge in [0.1, 0.15) is 0 Å². The molecule has 0 unspecified atom stereocenters. The maximum atomic E-state index is 13.2. The number of benzene rings is 2. The molecule has 29 heavy (non-hydrogen) atoms. The summed E-state index contributed by atoms with van der Waals surface area (Å²) in [4.78, 5) is 13.8. The molecule has 2 aromatic rings. The first-order valence-corrected chi connectivity index (χ1v) is 11.0. The van der Waals surface area contributed by atoms with E-state index in [0.717, 1.165) is 4.90 Å². The summed E-state index contributed by atoms with van der Waals surface area (Å²) in [6, 6.07) is 12.1. The molecule has 2 aromatic carbocycles. The van der Waals surface area contributed by atoms with Crippen LogP contribution >= 0.6 is 11.6 Å². The lowest BCUT2D eigenvalue weighted by atomic mass is 10.2. The summed E-state index contributed by atoms with van der Waals surface area (Å²) in [5, 5.41) is 0.0247. The Morgan fingerprint density at radius 1 is 1.17 bits per heavy atom. The van der Waals surface area contributed by atoms with Crippen molar-refractivity contribution in [3.8, 4) is 0 Å². The van der Waals surface area contributed by atoms with E-state index in [0.29, 0.717) is 18.5 Å². The Hall–Kier alpha value is -2.19. The fourth-order valence-corrected chi connectivity index (χ4v) is 4.83. The minimum atomic E-state index is -3.97. The molecule has 3 rings (SSSR count). The molecular weight excluding hydrogens is 422 g/mol. The summed E-state index contributed by atoms with van der Waals surface area (Å²) in [6.07, 6.45) is -1.39. The molecule has 0 saturated heterocycles. The van der Waals surface area contributed by atoms with E-state index in [1.54, 1.807) is 37.3 Å². The Labute approximate surface area is 173 Å². The molecule has 156 valence electrons. The lowest BCUT2D eigenvalue weighted by Gasteiger charge is -2.25. The number of rotatable bonds is 8. The second kappa shape index (κ2) is 8.67. The van der Waals surface area contributed by atoms with Gasteiger partial charge in [-0.3, -0.25) is 9.10 Å². The number of alkyl halides is 2. The highest BCUT2D eigenvalue weighted by molar-refractivity contribution is 7.92. The number of amides is 1. The number of halogens is 3. The Morgan fingerprint density at radius 3 is 2.38 bits per heavy atom. The van der Waals surface area contributed by atoms with Crippen LogP contribution in [0.15, 0.2) is 53.4 Å². The van der Waals surface area contributed by atoms with E-state index in [2.05, 4.69) is 0 Å². The molecule has 0 heterocycles. The van der Waals surface area contributed by atoms with Gasteiger partial charge in [0.25, 0.3) is 22.4 Å². The van der Waals surface area contributed by atoms with Crippen molar-refractivity contribution in [3.05, 3.63) is 59.1 Å². The largest absolute Gasteiger partial charge is 0.330 e. The number of anilines is 1. The lowest BCUT2D eigenvalue weighted by molar-refractivity contribution is 0.0534. The normalized spacial score (nSPS) is 14.1. The van der Waals surface area contributed by atoms with Crippen LogP contribution in [0.2, 0.25) is 5.02 Å². The molecule has 5 nitrogen and oxygen atoms in total. The zero-order valence-corrected chi connectivity index (χ0v) is 17.3. The summed E-state index contributed by atoms with van der Waals surface area (Å²) >= 11 is 6.13. The van der Waals surface area contributed by atoms with Crippen LogP contribution in [0, 0.1) is 0 Å². The minimum Gasteiger partial charge on any atom is -0.330 e. The van der Waals surface area contributed by atoms with E-state index < -0.39 is 28.9 Å². The molecule has 0 aromatic heterocycles. The van der Waals surface area contributed by atoms with Crippen LogP contribution in [0.1, 0.15) is 30.1 Å². The highest BCUT2D eigenvalue weighted by atomic mass is 35.5. The van der Waals surface area contributed by atoms with E-state index in [1.165, 1.54) is 22.5 Å². The third kappa shape index (κ3) is 4.70. The van der Waals surface area contributed by atoms with Gasteiger partial charge in [0.2, 0.25) is 0 Å². The van der Waals surface area contributed by atoms with Crippen molar-refractivity contribution >= 4 is 33.2 Å².